The van der Waals surface area contributed by atoms with E-state index in [1.54, 1.807) is 0 Å². The second kappa shape index (κ2) is 6.44. The molecule has 2 amide bonds. The standard InChI is InChI=1S/C11H21N3O3/c1-8-4-7-14(9(8)10(15)16)11(17)13-6-3-5-12-2/h8-9,12H,3-7H2,1-2H3,(H,13,17)(H,15,16). The summed E-state index contributed by atoms with van der Waals surface area (Å²) in [6, 6.07) is -0.947. The van der Waals surface area contributed by atoms with Gasteiger partial charge in [0.05, 0.1) is 0 Å². The first kappa shape index (κ1) is 13.8. The topological polar surface area (TPSA) is 81.7 Å². The number of nitrogens with one attached hydrogen (secondary N) is 2. The summed E-state index contributed by atoms with van der Waals surface area (Å²) in [6.07, 6.45) is 1.59. The van der Waals surface area contributed by atoms with Crippen LogP contribution in [-0.2, 0) is 4.79 Å². The van der Waals surface area contributed by atoms with E-state index in [0.29, 0.717) is 13.1 Å². The van der Waals surface area contributed by atoms with Crippen molar-refractivity contribution in [2.24, 2.45) is 5.92 Å². The number of carboxylic acid groups (broad SMARTS) is 1. The van der Waals surface area contributed by atoms with E-state index >= 15 is 0 Å². The summed E-state index contributed by atoms with van der Waals surface area (Å²) in [5, 5.41) is 14.8. The summed E-state index contributed by atoms with van der Waals surface area (Å²) < 4.78 is 0. The Morgan fingerprint density at radius 3 is 2.71 bits per heavy atom. The predicted molar refractivity (Wildman–Crippen MR) is 63.9 cm³/mol. The Morgan fingerprint density at radius 1 is 1.41 bits per heavy atom. The Balaban J connectivity index is 2.42. The highest BCUT2D eigenvalue weighted by molar-refractivity contribution is 5.83. The van der Waals surface area contributed by atoms with Gasteiger partial charge in [0.2, 0.25) is 0 Å². The number of rotatable bonds is 5. The molecule has 1 aliphatic heterocycles. The van der Waals surface area contributed by atoms with Crippen LogP contribution in [-0.4, -0.2) is 54.7 Å². The molecule has 0 aromatic rings. The minimum Gasteiger partial charge on any atom is -0.480 e. The van der Waals surface area contributed by atoms with Crippen molar-refractivity contribution in [3.8, 4) is 0 Å². The van der Waals surface area contributed by atoms with Crippen molar-refractivity contribution in [3.05, 3.63) is 0 Å². The highest BCUT2D eigenvalue weighted by Crippen LogP contribution is 2.23. The fourth-order valence-corrected chi connectivity index (χ4v) is 2.11. The third-order valence-corrected chi connectivity index (χ3v) is 3.09. The summed E-state index contributed by atoms with van der Waals surface area (Å²) in [4.78, 5) is 24.3. The van der Waals surface area contributed by atoms with Crippen LogP contribution < -0.4 is 10.6 Å². The molecular weight excluding hydrogens is 222 g/mol. The van der Waals surface area contributed by atoms with E-state index < -0.39 is 12.0 Å². The van der Waals surface area contributed by atoms with E-state index in [9.17, 15) is 9.59 Å². The van der Waals surface area contributed by atoms with E-state index in [1.807, 2.05) is 14.0 Å². The molecule has 1 aliphatic rings. The fourth-order valence-electron chi connectivity index (χ4n) is 2.11. The monoisotopic (exact) mass is 243 g/mol. The molecule has 0 radical (unpaired) electrons. The lowest BCUT2D eigenvalue weighted by Gasteiger charge is -2.23. The first-order valence-electron chi connectivity index (χ1n) is 5.99. The smallest absolute Gasteiger partial charge is 0.326 e. The zero-order chi connectivity index (χ0) is 12.8. The van der Waals surface area contributed by atoms with Crippen molar-refractivity contribution in [3.63, 3.8) is 0 Å². The number of nitrogens with zero attached hydrogens (tertiary/aromatic N) is 1. The molecule has 1 rings (SSSR count). The van der Waals surface area contributed by atoms with Crippen LogP contribution in [0.25, 0.3) is 0 Å². The quantitative estimate of drug-likeness (QED) is 0.598. The number of hydrogen-bond donors (Lipinski definition) is 3. The van der Waals surface area contributed by atoms with Gasteiger partial charge in [-0.25, -0.2) is 9.59 Å². The van der Waals surface area contributed by atoms with Crippen LogP contribution in [0.3, 0.4) is 0 Å². The van der Waals surface area contributed by atoms with E-state index in [0.717, 1.165) is 19.4 Å². The number of urea groups is 1. The van der Waals surface area contributed by atoms with Crippen molar-refractivity contribution in [1.82, 2.24) is 15.5 Å². The van der Waals surface area contributed by atoms with Gasteiger partial charge in [0, 0.05) is 13.1 Å². The molecule has 2 atom stereocenters. The zero-order valence-corrected chi connectivity index (χ0v) is 10.4. The van der Waals surface area contributed by atoms with Crippen LogP contribution in [0.5, 0.6) is 0 Å². The number of aliphatic carboxylic acids is 1. The third-order valence-electron chi connectivity index (χ3n) is 3.09. The fraction of sp³-hybridized carbons (Fsp3) is 0.818. The minimum atomic E-state index is -0.916. The van der Waals surface area contributed by atoms with Crippen molar-refractivity contribution in [1.29, 1.82) is 0 Å². The van der Waals surface area contributed by atoms with Crippen molar-refractivity contribution < 1.29 is 14.7 Å². The van der Waals surface area contributed by atoms with Crippen LogP contribution >= 0.6 is 0 Å². The van der Waals surface area contributed by atoms with E-state index in [2.05, 4.69) is 10.6 Å². The molecule has 2 unspecified atom stereocenters. The van der Waals surface area contributed by atoms with Gasteiger partial charge in [0.25, 0.3) is 0 Å². The number of carbonyl (C=O) groups excluding carboxylic acids is 1. The van der Waals surface area contributed by atoms with E-state index in [1.165, 1.54) is 4.90 Å². The Bertz CT molecular complexity index is 283. The SMILES string of the molecule is CNCCCNC(=O)N1CCC(C)C1C(=O)O. The average Bonchev–Trinajstić information content (AvgIpc) is 2.66. The van der Waals surface area contributed by atoms with Gasteiger partial charge in [-0.1, -0.05) is 6.92 Å². The van der Waals surface area contributed by atoms with Crippen LogP contribution in [0.2, 0.25) is 0 Å². The molecule has 1 fully saturated rings. The number of carbonyl (C=O) groups is 2. The highest BCUT2D eigenvalue weighted by Gasteiger charge is 2.39. The molecule has 1 saturated heterocycles. The maximum atomic E-state index is 11.8. The maximum absolute atomic E-state index is 11.8. The van der Waals surface area contributed by atoms with Gasteiger partial charge in [0.15, 0.2) is 0 Å². The molecule has 6 heteroatoms. The molecule has 1 heterocycles. The van der Waals surface area contributed by atoms with Gasteiger partial charge >= 0.3 is 12.0 Å². The molecule has 6 nitrogen and oxygen atoms in total. The Hall–Kier alpha value is -1.30. The number of hydrogen-bond acceptors (Lipinski definition) is 3. The summed E-state index contributed by atoms with van der Waals surface area (Å²) >= 11 is 0. The molecule has 0 aliphatic carbocycles. The predicted octanol–water partition coefficient (Wildman–Crippen LogP) is 0.101. The Kier molecular flexibility index (Phi) is 5.21. The van der Waals surface area contributed by atoms with Gasteiger partial charge in [-0.05, 0) is 32.4 Å². The second-order valence-corrected chi connectivity index (χ2v) is 4.43. The van der Waals surface area contributed by atoms with Crippen molar-refractivity contribution in [2.75, 3.05) is 26.7 Å². The molecular formula is C11H21N3O3. The molecule has 98 valence electrons. The summed E-state index contributed by atoms with van der Waals surface area (Å²) in [5.41, 5.74) is 0. The van der Waals surface area contributed by atoms with Gasteiger partial charge in [-0.3, -0.25) is 0 Å². The lowest BCUT2D eigenvalue weighted by molar-refractivity contribution is -0.142. The second-order valence-electron chi connectivity index (χ2n) is 4.43. The van der Waals surface area contributed by atoms with Crippen LogP contribution in [0, 0.1) is 5.92 Å². The lowest BCUT2D eigenvalue weighted by atomic mass is 10.0. The molecule has 3 N–H and O–H groups in total. The molecule has 0 aromatic carbocycles. The lowest BCUT2D eigenvalue weighted by Crippen LogP contribution is -2.47. The largest absolute Gasteiger partial charge is 0.480 e. The minimum absolute atomic E-state index is 0.0237. The number of carboxylic acids is 1. The molecule has 0 bridgehead atoms. The van der Waals surface area contributed by atoms with Gasteiger partial charge in [-0.15, -0.1) is 0 Å². The summed E-state index contributed by atoms with van der Waals surface area (Å²) in [6.45, 7) is 3.79. The Morgan fingerprint density at radius 2 is 2.12 bits per heavy atom. The van der Waals surface area contributed by atoms with Gasteiger partial charge in [-0.2, -0.15) is 0 Å². The number of likely N-dealkylation sites (tertiary alicyclic amines) is 1. The number of amides is 2. The van der Waals surface area contributed by atoms with E-state index in [-0.39, 0.29) is 11.9 Å². The Labute approximate surface area is 101 Å². The summed E-state index contributed by atoms with van der Waals surface area (Å²) in [7, 11) is 1.85. The molecule has 17 heavy (non-hydrogen) atoms. The van der Waals surface area contributed by atoms with Gasteiger partial charge in [0.1, 0.15) is 6.04 Å². The van der Waals surface area contributed by atoms with Crippen LogP contribution in [0.15, 0.2) is 0 Å². The first-order chi connectivity index (χ1) is 8.07. The average molecular weight is 243 g/mol. The van der Waals surface area contributed by atoms with Crippen molar-refractivity contribution in [2.45, 2.75) is 25.8 Å². The van der Waals surface area contributed by atoms with Gasteiger partial charge < -0.3 is 20.6 Å². The van der Waals surface area contributed by atoms with Crippen molar-refractivity contribution >= 4 is 12.0 Å². The van der Waals surface area contributed by atoms with Crippen LogP contribution in [0.4, 0.5) is 4.79 Å². The molecule has 0 saturated carbocycles. The zero-order valence-electron chi connectivity index (χ0n) is 10.4. The highest BCUT2D eigenvalue weighted by atomic mass is 16.4. The maximum Gasteiger partial charge on any atom is 0.326 e. The third kappa shape index (κ3) is 3.59. The first-order valence-corrected chi connectivity index (χ1v) is 5.99. The molecule has 0 spiro atoms. The normalized spacial score (nSPS) is 23.8. The molecule has 0 aromatic heterocycles. The van der Waals surface area contributed by atoms with E-state index in [4.69, 9.17) is 5.11 Å². The van der Waals surface area contributed by atoms with Crippen LogP contribution in [0.1, 0.15) is 19.8 Å². The summed E-state index contributed by atoms with van der Waals surface area (Å²) in [5.74, 6) is -0.893.